The van der Waals surface area contributed by atoms with Gasteiger partial charge in [-0.15, -0.1) is 0 Å². The molecule has 3 nitrogen and oxygen atoms in total. The van der Waals surface area contributed by atoms with Gasteiger partial charge in [0.1, 0.15) is 5.82 Å². The van der Waals surface area contributed by atoms with E-state index in [1.807, 2.05) is 6.07 Å². The number of nitrogens with one attached hydrogen (secondary N) is 1. The molecule has 1 fully saturated rings. The maximum absolute atomic E-state index is 5.89. The van der Waals surface area contributed by atoms with Gasteiger partial charge in [-0.2, -0.15) is 0 Å². The van der Waals surface area contributed by atoms with Crippen LogP contribution in [0.3, 0.4) is 0 Å². The second-order valence-corrected chi connectivity index (χ2v) is 4.95. The molecule has 0 saturated carbocycles. The van der Waals surface area contributed by atoms with E-state index in [2.05, 4.69) is 22.0 Å². The molecule has 5 rings (SSSR count). The van der Waals surface area contributed by atoms with Crippen LogP contribution in [0.5, 0.6) is 0 Å². The Morgan fingerprint density at radius 2 is 2.06 bits per heavy atom. The number of piperidine rings is 1. The lowest BCUT2D eigenvalue weighted by atomic mass is 9.84. The number of aromatic amines is 1. The summed E-state index contributed by atoms with van der Waals surface area (Å²) in [5.74, 6) is 2.10. The van der Waals surface area contributed by atoms with Crippen LogP contribution in [0, 0.1) is 0 Å². The standard InChI is InChI=1S/C13H15N3/c14-9-1-2-11-10(7-9)12-8-3-5-16(6-4-8)13(12)15-11/h1-2,7-8,15H,3-6,14H2. The van der Waals surface area contributed by atoms with Gasteiger partial charge < -0.3 is 15.6 Å². The van der Waals surface area contributed by atoms with Gasteiger partial charge in [0.05, 0.1) is 0 Å². The molecule has 3 aliphatic rings. The lowest BCUT2D eigenvalue weighted by Gasteiger charge is -2.40. The van der Waals surface area contributed by atoms with Gasteiger partial charge in [-0.05, 0) is 37.0 Å². The van der Waals surface area contributed by atoms with Crippen LogP contribution in [0.1, 0.15) is 24.3 Å². The molecule has 1 aromatic heterocycles. The SMILES string of the molecule is Nc1ccc2[nH]c3c(c2c1)C1CCN3CC1. The highest BCUT2D eigenvalue weighted by molar-refractivity contribution is 5.92. The van der Waals surface area contributed by atoms with E-state index in [1.165, 1.54) is 48.2 Å². The number of nitrogens with zero attached hydrogens (tertiary/aromatic N) is 1. The predicted octanol–water partition coefficient (Wildman–Crippen LogP) is 2.45. The summed E-state index contributed by atoms with van der Waals surface area (Å²) in [5.41, 5.74) is 9.50. The van der Waals surface area contributed by atoms with E-state index >= 15 is 0 Å². The fourth-order valence-corrected chi connectivity index (χ4v) is 3.27. The van der Waals surface area contributed by atoms with Crippen LogP contribution in [-0.2, 0) is 0 Å². The summed E-state index contributed by atoms with van der Waals surface area (Å²) in [6.07, 6.45) is 2.60. The maximum atomic E-state index is 5.89. The Morgan fingerprint density at radius 3 is 2.88 bits per heavy atom. The Labute approximate surface area is 94.2 Å². The van der Waals surface area contributed by atoms with Crippen LogP contribution in [-0.4, -0.2) is 18.1 Å². The van der Waals surface area contributed by atoms with Gasteiger partial charge in [-0.25, -0.2) is 0 Å². The minimum Gasteiger partial charge on any atom is -0.399 e. The fourth-order valence-electron chi connectivity index (χ4n) is 3.27. The zero-order valence-corrected chi connectivity index (χ0v) is 9.16. The fraction of sp³-hybridized carbons (Fsp3) is 0.385. The normalized spacial score (nSPS) is 19.4. The predicted molar refractivity (Wildman–Crippen MR) is 66.9 cm³/mol. The molecule has 2 bridgehead atoms. The number of H-pyrrole nitrogens is 1. The molecule has 2 aromatic rings. The van der Waals surface area contributed by atoms with Crippen molar-refractivity contribution in [2.75, 3.05) is 23.7 Å². The zero-order chi connectivity index (χ0) is 10.7. The van der Waals surface area contributed by atoms with Gasteiger partial charge >= 0.3 is 0 Å². The smallest absolute Gasteiger partial charge is 0.110 e. The third-order valence-electron chi connectivity index (χ3n) is 4.06. The molecule has 0 spiro atoms. The Kier molecular flexibility index (Phi) is 1.45. The maximum Gasteiger partial charge on any atom is 0.110 e. The number of anilines is 2. The van der Waals surface area contributed by atoms with E-state index in [1.54, 1.807) is 0 Å². The molecule has 16 heavy (non-hydrogen) atoms. The molecular formula is C13H15N3. The van der Waals surface area contributed by atoms with E-state index in [-0.39, 0.29) is 0 Å². The highest BCUT2D eigenvalue weighted by Crippen LogP contribution is 2.45. The molecule has 1 saturated heterocycles. The van der Waals surface area contributed by atoms with Gasteiger partial charge in [0.2, 0.25) is 0 Å². The minimum atomic E-state index is 0.746. The van der Waals surface area contributed by atoms with Gasteiger partial charge in [-0.3, -0.25) is 0 Å². The zero-order valence-electron chi connectivity index (χ0n) is 9.16. The van der Waals surface area contributed by atoms with Crippen LogP contribution in [0.4, 0.5) is 11.5 Å². The number of nitrogen functional groups attached to an aromatic ring is 1. The summed E-state index contributed by atoms with van der Waals surface area (Å²) in [7, 11) is 0. The Morgan fingerprint density at radius 1 is 1.25 bits per heavy atom. The van der Waals surface area contributed by atoms with E-state index in [4.69, 9.17) is 5.73 Å². The van der Waals surface area contributed by atoms with Crippen molar-refractivity contribution < 1.29 is 0 Å². The number of benzene rings is 1. The molecule has 0 amide bonds. The topological polar surface area (TPSA) is 45.1 Å². The number of hydrogen-bond donors (Lipinski definition) is 2. The summed E-state index contributed by atoms with van der Waals surface area (Å²) in [5, 5.41) is 1.34. The first kappa shape index (κ1) is 8.50. The first-order valence-electron chi connectivity index (χ1n) is 5.99. The monoisotopic (exact) mass is 213 g/mol. The molecule has 0 aliphatic carbocycles. The van der Waals surface area contributed by atoms with E-state index in [0.717, 1.165) is 11.6 Å². The van der Waals surface area contributed by atoms with Crippen molar-refractivity contribution in [2.45, 2.75) is 18.8 Å². The van der Waals surface area contributed by atoms with Gasteiger partial charge in [-0.1, -0.05) is 0 Å². The van der Waals surface area contributed by atoms with Crippen molar-refractivity contribution in [3.63, 3.8) is 0 Å². The third kappa shape index (κ3) is 0.932. The largest absolute Gasteiger partial charge is 0.399 e. The summed E-state index contributed by atoms with van der Waals surface area (Å²) in [6.45, 7) is 2.42. The highest BCUT2D eigenvalue weighted by atomic mass is 15.2. The lowest BCUT2D eigenvalue weighted by Crippen LogP contribution is -2.38. The van der Waals surface area contributed by atoms with Gasteiger partial charge in [0.15, 0.2) is 0 Å². The van der Waals surface area contributed by atoms with Crippen molar-refractivity contribution in [1.82, 2.24) is 4.98 Å². The summed E-state index contributed by atoms with van der Waals surface area (Å²) in [4.78, 5) is 6.02. The van der Waals surface area contributed by atoms with Crippen molar-refractivity contribution >= 4 is 22.4 Å². The molecule has 1 aromatic carbocycles. The lowest BCUT2D eigenvalue weighted by molar-refractivity contribution is 0.475. The minimum absolute atomic E-state index is 0.746. The first-order chi connectivity index (χ1) is 7.83. The molecule has 0 radical (unpaired) electrons. The highest BCUT2D eigenvalue weighted by Gasteiger charge is 2.33. The van der Waals surface area contributed by atoms with Crippen molar-refractivity contribution in [2.24, 2.45) is 0 Å². The van der Waals surface area contributed by atoms with Crippen LogP contribution in [0.15, 0.2) is 18.2 Å². The average molecular weight is 213 g/mol. The van der Waals surface area contributed by atoms with Gasteiger partial charge in [0, 0.05) is 35.2 Å². The summed E-state index contributed by atoms with van der Waals surface area (Å²) in [6, 6.07) is 6.19. The molecule has 3 aliphatic heterocycles. The van der Waals surface area contributed by atoms with Crippen LogP contribution < -0.4 is 10.6 Å². The van der Waals surface area contributed by atoms with E-state index < -0.39 is 0 Å². The first-order valence-corrected chi connectivity index (χ1v) is 5.99. The van der Waals surface area contributed by atoms with Crippen molar-refractivity contribution in [3.05, 3.63) is 23.8 Å². The molecule has 3 N–H and O–H groups in total. The van der Waals surface area contributed by atoms with Crippen molar-refractivity contribution in [3.8, 4) is 0 Å². The Bertz CT molecular complexity index is 562. The molecule has 4 heterocycles. The Hall–Kier alpha value is -1.64. The number of rotatable bonds is 0. The Balaban J connectivity index is 2.08. The third-order valence-corrected chi connectivity index (χ3v) is 4.06. The number of fused-ring (bicyclic) bond motifs is 3. The second-order valence-electron chi connectivity index (χ2n) is 4.95. The number of hydrogen-bond acceptors (Lipinski definition) is 2. The molecule has 82 valence electrons. The number of nitrogens with two attached hydrogens (primary N) is 1. The van der Waals surface area contributed by atoms with Crippen LogP contribution in [0.2, 0.25) is 0 Å². The van der Waals surface area contributed by atoms with Crippen molar-refractivity contribution in [1.29, 1.82) is 0 Å². The molecule has 3 heteroatoms. The summed E-state index contributed by atoms with van der Waals surface area (Å²) >= 11 is 0. The average Bonchev–Trinajstić information content (AvgIpc) is 2.71. The van der Waals surface area contributed by atoms with Gasteiger partial charge in [0.25, 0.3) is 0 Å². The molecule has 0 atom stereocenters. The van der Waals surface area contributed by atoms with Crippen LogP contribution >= 0.6 is 0 Å². The quantitative estimate of drug-likeness (QED) is 0.660. The molecule has 0 unspecified atom stereocenters. The van der Waals surface area contributed by atoms with Crippen LogP contribution in [0.25, 0.3) is 10.9 Å². The summed E-state index contributed by atoms with van der Waals surface area (Å²) < 4.78 is 0. The second kappa shape index (κ2) is 2.73. The number of aromatic nitrogens is 1. The molecular weight excluding hydrogens is 198 g/mol. The van der Waals surface area contributed by atoms with E-state index in [9.17, 15) is 0 Å². The van der Waals surface area contributed by atoms with E-state index in [0.29, 0.717) is 0 Å².